The average Bonchev–Trinajstić information content (AvgIpc) is 3.17. The van der Waals surface area contributed by atoms with Crippen molar-refractivity contribution >= 4 is 21.6 Å². The van der Waals surface area contributed by atoms with E-state index in [1.165, 1.54) is 0 Å². The topological polar surface area (TPSA) is 101 Å². The van der Waals surface area contributed by atoms with Crippen LogP contribution in [0, 0.1) is 13.8 Å². The van der Waals surface area contributed by atoms with E-state index in [0.717, 1.165) is 18.4 Å². The number of amides is 1. The maximum absolute atomic E-state index is 12.3. The average molecular weight is 311 g/mol. The molecule has 1 fully saturated rings. The van der Waals surface area contributed by atoms with Crippen LogP contribution in [0.4, 0.5) is 5.69 Å². The molecule has 116 valence electrons. The van der Waals surface area contributed by atoms with Gasteiger partial charge in [-0.1, -0.05) is 6.07 Å². The highest BCUT2D eigenvalue weighted by Gasteiger charge is 2.24. The lowest BCUT2D eigenvalue weighted by Crippen LogP contribution is -2.32. The molecule has 0 spiro atoms. The van der Waals surface area contributed by atoms with E-state index in [4.69, 9.17) is 5.73 Å². The number of sulfonamides is 1. The Bertz CT molecular complexity index is 652. The number of nitrogens with one attached hydrogen (secondary N) is 2. The summed E-state index contributed by atoms with van der Waals surface area (Å²) in [7, 11) is -3.71. The van der Waals surface area contributed by atoms with Gasteiger partial charge in [0.25, 0.3) is 0 Å². The first-order valence-electron chi connectivity index (χ1n) is 6.96. The predicted molar refractivity (Wildman–Crippen MR) is 81.3 cm³/mol. The lowest BCUT2D eigenvalue weighted by Gasteiger charge is -2.13. The van der Waals surface area contributed by atoms with E-state index in [0.29, 0.717) is 5.56 Å². The Balaban J connectivity index is 2.01. The number of anilines is 1. The molecule has 0 radical (unpaired) electrons. The van der Waals surface area contributed by atoms with Crippen LogP contribution < -0.4 is 15.8 Å². The Hall–Kier alpha value is -1.60. The Kier molecular flexibility index (Phi) is 4.53. The Morgan fingerprint density at radius 2 is 2.00 bits per heavy atom. The van der Waals surface area contributed by atoms with Crippen LogP contribution in [0.25, 0.3) is 0 Å². The number of nitrogens with two attached hydrogens (primary N) is 1. The molecule has 0 bridgehead atoms. The SMILES string of the molecule is Cc1ccc(N)c(S(=O)(=O)NCCC(=O)NC2CC2)c1C. The molecular formula is C14H21N3O3S. The molecule has 21 heavy (non-hydrogen) atoms. The summed E-state index contributed by atoms with van der Waals surface area (Å²) in [6.45, 7) is 3.62. The highest BCUT2D eigenvalue weighted by molar-refractivity contribution is 7.89. The minimum absolute atomic E-state index is 0.0632. The van der Waals surface area contributed by atoms with Gasteiger partial charge in [-0.25, -0.2) is 13.1 Å². The molecule has 0 saturated heterocycles. The Labute approximate surface area is 125 Å². The molecule has 1 aliphatic rings. The lowest BCUT2D eigenvalue weighted by atomic mass is 10.1. The van der Waals surface area contributed by atoms with Crippen LogP contribution in [-0.2, 0) is 14.8 Å². The van der Waals surface area contributed by atoms with Gasteiger partial charge in [-0.15, -0.1) is 0 Å². The summed E-state index contributed by atoms with van der Waals surface area (Å²) in [4.78, 5) is 11.6. The maximum Gasteiger partial charge on any atom is 0.242 e. The summed E-state index contributed by atoms with van der Waals surface area (Å²) >= 11 is 0. The minimum Gasteiger partial charge on any atom is -0.398 e. The molecule has 1 aliphatic carbocycles. The number of aryl methyl sites for hydroxylation is 1. The van der Waals surface area contributed by atoms with E-state index in [1.807, 2.05) is 6.92 Å². The summed E-state index contributed by atoms with van der Waals surface area (Å²) in [5.41, 5.74) is 7.49. The molecule has 6 nitrogen and oxygen atoms in total. The van der Waals surface area contributed by atoms with E-state index in [1.54, 1.807) is 19.1 Å². The molecule has 0 heterocycles. The van der Waals surface area contributed by atoms with Crippen LogP contribution in [0.3, 0.4) is 0 Å². The number of nitrogen functional groups attached to an aromatic ring is 1. The van der Waals surface area contributed by atoms with E-state index in [2.05, 4.69) is 10.0 Å². The number of hydrogen-bond donors (Lipinski definition) is 3. The van der Waals surface area contributed by atoms with E-state index in [-0.39, 0.29) is 35.5 Å². The summed E-state index contributed by atoms with van der Waals surface area (Å²) in [6, 6.07) is 3.65. The van der Waals surface area contributed by atoms with Crippen molar-refractivity contribution in [2.75, 3.05) is 12.3 Å². The first-order chi connectivity index (χ1) is 9.81. The van der Waals surface area contributed by atoms with Crippen molar-refractivity contribution < 1.29 is 13.2 Å². The molecule has 0 unspecified atom stereocenters. The highest BCUT2D eigenvalue weighted by Crippen LogP contribution is 2.25. The number of benzene rings is 1. The third-order valence-electron chi connectivity index (χ3n) is 3.56. The van der Waals surface area contributed by atoms with Gasteiger partial charge in [-0.2, -0.15) is 0 Å². The van der Waals surface area contributed by atoms with Crippen molar-refractivity contribution in [1.29, 1.82) is 0 Å². The van der Waals surface area contributed by atoms with E-state index < -0.39 is 10.0 Å². The Morgan fingerprint density at radius 1 is 1.33 bits per heavy atom. The summed E-state index contributed by atoms with van der Waals surface area (Å²) in [6.07, 6.45) is 2.15. The van der Waals surface area contributed by atoms with Crippen molar-refractivity contribution in [2.45, 2.75) is 44.0 Å². The molecule has 1 amide bonds. The smallest absolute Gasteiger partial charge is 0.242 e. The molecule has 0 aromatic heterocycles. The van der Waals surface area contributed by atoms with Crippen molar-refractivity contribution in [3.8, 4) is 0 Å². The number of rotatable bonds is 6. The summed E-state index contributed by atoms with van der Waals surface area (Å²) in [5, 5.41) is 2.81. The second-order valence-corrected chi connectivity index (χ2v) is 7.12. The van der Waals surface area contributed by atoms with Gasteiger partial charge in [0, 0.05) is 19.0 Å². The Morgan fingerprint density at radius 3 is 2.62 bits per heavy atom. The van der Waals surface area contributed by atoms with E-state index >= 15 is 0 Å². The van der Waals surface area contributed by atoms with Crippen molar-refractivity contribution in [3.05, 3.63) is 23.3 Å². The first-order valence-corrected chi connectivity index (χ1v) is 8.44. The summed E-state index contributed by atoms with van der Waals surface area (Å²) in [5.74, 6) is -0.130. The van der Waals surface area contributed by atoms with Gasteiger partial charge in [0.05, 0.1) is 5.69 Å². The number of carbonyl (C=O) groups excluding carboxylic acids is 1. The van der Waals surface area contributed by atoms with Gasteiger partial charge in [0.15, 0.2) is 0 Å². The van der Waals surface area contributed by atoms with Crippen molar-refractivity contribution in [2.24, 2.45) is 0 Å². The quantitative estimate of drug-likeness (QED) is 0.677. The zero-order valence-electron chi connectivity index (χ0n) is 12.3. The van der Waals surface area contributed by atoms with Crippen LogP contribution in [0.5, 0.6) is 0 Å². The second kappa shape index (κ2) is 6.03. The van der Waals surface area contributed by atoms with Gasteiger partial charge in [-0.05, 0) is 43.9 Å². The third kappa shape index (κ3) is 3.95. The zero-order chi connectivity index (χ0) is 15.6. The molecule has 1 aromatic carbocycles. The predicted octanol–water partition coefficient (Wildman–Crippen LogP) is 0.833. The molecule has 0 aliphatic heterocycles. The lowest BCUT2D eigenvalue weighted by molar-refractivity contribution is -0.121. The van der Waals surface area contributed by atoms with E-state index in [9.17, 15) is 13.2 Å². The molecule has 2 rings (SSSR count). The van der Waals surface area contributed by atoms with Crippen LogP contribution in [0.15, 0.2) is 17.0 Å². The fraction of sp³-hybridized carbons (Fsp3) is 0.500. The largest absolute Gasteiger partial charge is 0.398 e. The normalized spacial score (nSPS) is 15.0. The number of hydrogen-bond acceptors (Lipinski definition) is 4. The maximum atomic E-state index is 12.3. The molecular weight excluding hydrogens is 290 g/mol. The van der Waals surface area contributed by atoms with Gasteiger partial charge >= 0.3 is 0 Å². The monoisotopic (exact) mass is 311 g/mol. The molecule has 1 aromatic rings. The van der Waals surface area contributed by atoms with Gasteiger partial charge in [0.2, 0.25) is 15.9 Å². The van der Waals surface area contributed by atoms with Crippen LogP contribution >= 0.6 is 0 Å². The fourth-order valence-electron chi connectivity index (χ4n) is 2.07. The van der Waals surface area contributed by atoms with Crippen molar-refractivity contribution in [3.63, 3.8) is 0 Å². The fourth-order valence-corrected chi connectivity index (χ4v) is 3.52. The minimum atomic E-state index is -3.71. The molecule has 0 atom stereocenters. The highest BCUT2D eigenvalue weighted by atomic mass is 32.2. The zero-order valence-corrected chi connectivity index (χ0v) is 13.1. The summed E-state index contributed by atoms with van der Waals surface area (Å²) < 4.78 is 27.1. The van der Waals surface area contributed by atoms with Gasteiger partial charge < -0.3 is 11.1 Å². The molecule has 7 heteroatoms. The standard InChI is InChI=1S/C14H21N3O3S/c1-9-3-6-12(15)14(10(9)2)21(19,20)16-8-7-13(18)17-11-4-5-11/h3,6,11,16H,4-5,7-8,15H2,1-2H3,(H,17,18). The third-order valence-corrected chi connectivity index (χ3v) is 5.23. The van der Waals surface area contributed by atoms with Crippen LogP contribution in [0.1, 0.15) is 30.4 Å². The molecule has 1 saturated carbocycles. The van der Waals surface area contributed by atoms with Crippen LogP contribution in [-0.4, -0.2) is 26.9 Å². The van der Waals surface area contributed by atoms with Crippen LogP contribution in [0.2, 0.25) is 0 Å². The number of carbonyl (C=O) groups is 1. The van der Waals surface area contributed by atoms with Crippen molar-refractivity contribution in [1.82, 2.24) is 10.0 Å². The van der Waals surface area contributed by atoms with Gasteiger partial charge in [-0.3, -0.25) is 4.79 Å². The van der Waals surface area contributed by atoms with Gasteiger partial charge in [0.1, 0.15) is 4.90 Å². The first kappa shape index (κ1) is 15.8. The second-order valence-electron chi connectivity index (χ2n) is 5.42. The molecule has 4 N–H and O–H groups in total.